The first-order valence-electron chi connectivity index (χ1n) is 9.99. The van der Waals surface area contributed by atoms with Gasteiger partial charge in [0.1, 0.15) is 0 Å². The van der Waals surface area contributed by atoms with Crippen LogP contribution in [0.3, 0.4) is 0 Å². The van der Waals surface area contributed by atoms with Crippen LogP contribution >= 0.6 is 0 Å². The maximum absolute atomic E-state index is 10.2. The van der Waals surface area contributed by atoms with Crippen LogP contribution in [0.25, 0.3) is 0 Å². The average Bonchev–Trinajstić information content (AvgIpc) is 2.58. The Labute approximate surface area is 148 Å². The Hall–Kier alpha value is -1.24. The van der Waals surface area contributed by atoms with E-state index in [1.54, 1.807) is 0 Å². The van der Waals surface area contributed by atoms with Gasteiger partial charge in [0.15, 0.2) is 6.17 Å². The second-order valence-electron chi connectivity index (χ2n) is 6.66. The molecule has 4 heteroatoms. The number of nitrogens with zero attached hydrogens (tertiary/aromatic N) is 2. The molecule has 0 bridgehead atoms. The number of hydrogen-bond donors (Lipinski definition) is 0. The maximum Gasteiger partial charge on any atom is 0.237 e. The summed E-state index contributed by atoms with van der Waals surface area (Å²) in [6.07, 6.45) is 22.8. The third-order valence-corrected chi connectivity index (χ3v) is 4.47. The summed E-state index contributed by atoms with van der Waals surface area (Å²) in [5.74, 6) is 0. The van der Waals surface area contributed by atoms with Crippen LogP contribution in [0, 0.1) is 0 Å². The molecule has 0 heterocycles. The number of hydrogen-bond acceptors (Lipinski definition) is 4. The second kappa shape index (κ2) is 19.8. The highest BCUT2D eigenvalue weighted by Crippen LogP contribution is 2.14. The minimum atomic E-state index is -0.568. The van der Waals surface area contributed by atoms with Crippen LogP contribution in [0.2, 0.25) is 0 Å². The van der Waals surface area contributed by atoms with Gasteiger partial charge in [-0.3, -0.25) is 0 Å². The van der Waals surface area contributed by atoms with E-state index in [9.17, 15) is 9.59 Å². The first-order chi connectivity index (χ1) is 11.8. The SMILES string of the molecule is CCCCCCCCCCCCCCCCCC(N=C=O)N=C=O. The zero-order valence-corrected chi connectivity index (χ0v) is 15.6. The molecule has 0 radical (unpaired) electrons. The molecular weight excluding hydrogens is 300 g/mol. The van der Waals surface area contributed by atoms with E-state index in [4.69, 9.17) is 0 Å². The predicted molar refractivity (Wildman–Crippen MR) is 99.6 cm³/mol. The number of unbranched alkanes of at least 4 members (excludes halogenated alkanes) is 14. The molecule has 0 rings (SSSR count). The molecular formula is C20H36N2O2. The highest BCUT2D eigenvalue weighted by atomic mass is 16.1. The molecule has 0 aromatic heterocycles. The van der Waals surface area contributed by atoms with Crippen LogP contribution in [-0.2, 0) is 9.59 Å². The van der Waals surface area contributed by atoms with Crippen molar-refractivity contribution in [1.29, 1.82) is 0 Å². The molecule has 4 nitrogen and oxygen atoms in total. The van der Waals surface area contributed by atoms with Crippen molar-refractivity contribution in [3.63, 3.8) is 0 Å². The first-order valence-corrected chi connectivity index (χ1v) is 9.99. The summed E-state index contributed by atoms with van der Waals surface area (Å²) in [4.78, 5) is 27.3. The Morgan fingerprint density at radius 1 is 0.583 bits per heavy atom. The number of aliphatic imine (C=N–C) groups is 2. The molecule has 0 aromatic carbocycles. The van der Waals surface area contributed by atoms with Crippen LogP contribution in [0.4, 0.5) is 0 Å². The molecule has 0 aromatic rings. The van der Waals surface area contributed by atoms with Crippen LogP contribution in [0.15, 0.2) is 9.98 Å². The minimum absolute atomic E-state index is 0.568. The summed E-state index contributed by atoms with van der Waals surface area (Å²) >= 11 is 0. The fraction of sp³-hybridized carbons (Fsp3) is 0.900. The van der Waals surface area contributed by atoms with Crippen LogP contribution in [-0.4, -0.2) is 18.3 Å². The Bertz CT molecular complexity index is 341. The average molecular weight is 337 g/mol. The van der Waals surface area contributed by atoms with E-state index in [1.807, 2.05) is 0 Å². The molecule has 24 heavy (non-hydrogen) atoms. The van der Waals surface area contributed by atoms with Gasteiger partial charge >= 0.3 is 0 Å². The molecule has 0 saturated carbocycles. The maximum atomic E-state index is 10.2. The first kappa shape index (κ1) is 22.8. The van der Waals surface area contributed by atoms with Crippen molar-refractivity contribution in [3.05, 3.63) is 0 Å². The highest BCUT2D eigenvalue weighted by Gasteiger charge is 2.03. The highest BCUT2D eigenvalue weighted by molar-refractivity contribution is 5.36. The van der Waals surface area contributed by atoms with Gasteiger partial charge < -0.3 is 0 Å². The number of rotatable bonds is 18. The normalized spacial score (nSPS) is 11.5. The van der Waals surface area contributed by atoms with E-state index in [1.165, 1.54) is 95.6 Å². The van der Waals surface area contributed by atoms with Crippen LogP contribution in [0.1, 0.15) is 110 Å². The monoisotopic (exact) mass is 336 g/mol. The number of isocyanates is 2. The van der Waals surface area contributed by atoms with Crippen molar-refractivity contribution in [1.82, 2.24) is 0 Å². The quantitative estimate of drug-likeness (QED) is 0.169. The Morgan fingerprint density at radius 2 is 0.917 bits per heavy atom. The standard InChI is InChI=1S/C20H36N2O2/c1-2-3-4-5-6-7-8-9-10-11-12-13-14-15-16-17-20(21-18-23)22-19-24/h20H,2-17H2,1H3. The van der Waals surface area contributed by atoms with E-state index in [-0.39, 0.29) is 0 Å². The van der Waals surface area contributed by atoms with Crippen molar-refractivity contribution < 1.29 is 9.59 Å². The Morgan fingerprint density at radius 3 is 1.25 bits per heavy atom. The summed E-state index contributed by atoms with van der Waals surface area (Å²) in [5.41, 5.74) is 0. The fourth-order valence-corrected chi connectivity index (χ4v) is 2.98. The van der Waals surface area contributed by atoms with Gasteiger partial charge in [-0.2, -0.15) is 9.98 Å². The molecule has 138 valence electrons. The van der Waals surface area contributed by atoms with E-state index >= 15 is 0 Å². The molecule has 0 fully saturated rings. The van der Waals surface area contributed by atoms with Gasteiger partial charge in [0.05, 0.1) is 0 Å². The smallest absolute Gasteiger partial charge is 0.211 e. The van der Waals surface area contributed by atoms with Crippen molar-refractivity contribution in [3.8, 4) is 0 Å². The molecule has 0 aliphatic heterocycles. The van der Waals surface area contributed by atoms with Crippen molar-refractivity contribution >= 4 is 12.2 Å². The van der Waals surface area contributed by atoms with Crippen LogP contribution < -0.4 is 0 Å². The third-order valence-electron chi connectivity index (χ3n) is 4.47. The van der Waals surface area contributed by atoms with E-state index < -0.39 is 6.17 Å². The predicted octanol–water partition coefficient (Wildman–Crippen LogP) is 6.25. The van der Waals surface area contributed by atoms with Crippen molar-refractivity contribution in [2.24, 2.45) is 9.98 Å². The lowest BCUT2D eigenvalue weighted by Gasteiger charge is -2.04. The molecule has 0 unspecified atom stereocenters. The topological polar surface area (TPSA) is 58.9 Å². The van der Waals surface area contributed by atoms with Gasteiger partial charge in [-0.25, -0.2) is 9.59 Å². The summed E-state index contributed by atoms with van der Waals surface area (Å²) in [7, 11) is 0. The molecule has 0 N–H and O–H groups in total. The van der Waals surface area contributed by atoms with E-state index in [0.29, 0.717) is 6.42 Å². The molecule has 0 amide bonds. The van der Waals surface area contributed by atoms with Gasteiger partial charge in [-0.05, 0) is 12.8 Å². The van der Waals surface area contributed by atoms with Gasteiger partial charge in [0, 0.05) is 0 Å². The van der Waals surface area contributed by atoms with Gasteiger partial charge in [0.2, 0.25) is 12.2 Å². The summed E-state index contributed by atoms with van der Waals surface area (Å²) < 4.78 is 0. The van der Waals surface area contributed by atoms with Crippen molar-refractivity contribution in [2.75, 3.05) is 0 Å². The third kappa shape index (κ3) is 17.1. The number of carbonyl (C=O) groups excluding carboxylic acids is 2. The second-order valence-corrected chi connectivity index (χ2v) is 6.66. The lowest BCUT2D eigenvalue weighted by molar-refractivity contribution is 0.511. The van der Waals surface area contributed by atoms with Crippen LogP contribution in [0.5, 0.6) is 0 Å². The Kier molecular flexibility index (Phi) is 18.8. The lowest BCUT2D eigenvalue weighted by Crippen LogP contribution is -1.99. The summed E-state index contributed by atoms with van der Waals surface area (Å²) in [6.45, 7) is 2.27. The van der Waals surface area contributed by atoms with Gasteiger partial charge in [0.25, 0.3) is 0 Å². The molecule has 0 saturated heterocycles. The van der Waals surface area contributed by atoms with Gasteiger partial charge in [-0.15, -0.1) is 0 Å². The molecule has 0 spiro atoms. The van der Waals surface area contributed by atoms with Gasteiger partial charge in [-0.1, -0.05) is 96.8 Å². The zero-order chi connectivity index (χ0) is 17.7. The molecule has 0 aliphatic rings. The minimum Gasteiger partial charge on any atom is -0.211 e. The summed E-state index contributed by atoms with van der Waals surface area (Å²) in [6, 6.07) is 0. The zero-order valence-electron chi connectivity index (χ0n) is 15.6. The lowest BCUT2D eigenvalue weighted by atomic mass is 10.0. The Balaban J connectivity index is 3.22. The van der Waals surface area contributed by atoms with E-state index in [2.05, 4.69) is 16.9 Å². The molecule has 0 atom stereocenters. The molecule has 0 aliphatic carbocycles. The fourth-order valence-electron chi connectivity index (χ4n) is 2.98. The largest absolute Gasteiger partial charge is 0.237 e. The van der Waals surface area contributed by atoms with E-state index in [0.717, 1.165) is 12.8 Å². The summed E-state index contributed by atoms with van der Waals surface area (Å²) in [5, 5.41) is 0. The van der Waals surface area contributed by atoms with Crippen molar-refractivity contribution in [2.45, 2.75) is 116 Å².